The van der Waals surface area contributed by atoms with Crippen molar-refractivity contribution < 1.29 is 9.59 Å². The number of amides is 2. The van der Waals surface area contributed by atoms with E-state index in [0.29, 0.717) is 12.5 Å². The summed E-state index contributed by atoms with van der Waals surface area (Å²) in [5.74, 6) is 0.411. The zero-order chi connectivity index (χ0) is 9.42. The van der Waals surface area contributed by atoms with E-state index in [1.54, 1.807) is 0 Å². The molecule has 2 atom stereocenters. The molecule has 2 heterocycles. The molecular formula is C9H15ClN2O2. The number of carbonyl (C=O) groups excluding carboxylic acids is 2. The third-order valence-corrected chi connectivity index (χ3v) is 2.88. The summed E-state index contributed by atoms with van der Waals surface area (Å²) in [6.45, 7) is 3.75. The van der Waals surface area contributed by atoms with Gasteiger partial charge < -0.3 is 5.32 Å². The lowest BCUT2D eigenvalue weighted by molar-refractivity contribution is -0.151. The summed E-state index contributed by atoms with van der Waals surface area (Å²) in [7, 11) is 0. The molecule has 0 radical (unpaired) electrons. The van der Waals surface area contributed by atoms with Crippen LogP contribution in [0, 0.1) is 11.8 Å². The third kappa shape index (κ3) is 1.91. The molecule has 80 valence electrons. The van der Waals surface area contributed by atoms with Gasteiger partial charge in [-0.05, 0) is 18.9 Å². The SMILES string of the molecule is CC(=O)N1CC2CNCC(C2)C1=O.Cl. The largest absolute Gasteiger partial charge is 0.316 e. The molecule has 14 heavy (non-hydrogen) atoms. The van der Waals surface area contributed by atoms with Crippen LogP contribution < -0.4 is 5.32 Å². The molecule has 0 aromatic heterocycles. The van der Waals surface area contributed by atoms with Crippen LogP contribution in [0.4, 0.5) is 0 Å². The van der Waals surface area contributed by atoms with Gasteiger partial charge in [0.2, 0.25) is 11.8 Å². The van der Waals surface area contributed by atoms with Gasteiger partial charge in [0.25, 0.3) is 0 Å². The summed E-state index contributed by atoms with van der Waals surface area (Å²) >= 11 is 0. The minimum Gasteiger partial charge on any atom is -0.316 e. The Hall–Kier alpha value is -0.610. The van der Waals surface area contributed by atoms with Gasteiger partial charge in [-0.2, -0.15) is 0 Å². The molecule has 5 heteroatoms. The maximum atomic E-state index is 11.6. The monoisotopic (exact) mass is 218 g/mol. The fourth-order valence-corrected chi connectivity index (χ4v) is 2.21. The van der Waals surface area contributed by atoms with Crippen molar-refractivity contribution in [1.82, 2.24) is 10.2 Å². The van der Waals surface area contributed by atoms with Crippen molar-refractivity contribution in [3.8, 4) is 0 Å². The van der Waals surface area contributed by atoms with Gasteiger partial charge in [-0.25, -0.2) is 0 Å². The van der Waals surface area contributed by atoms with E-state index in [0.717, 1.165) is 19.5 Å². The average molecular weight is 219 g/mol. The second-order valence-electron chi connectivity index (χ2n) is 3.92. The molecule has 4 nitrogen and oxygen atoms in total. The van der Waals surface area contributed by atoms with Crippen LogP contribution in [-0.2, 0) is 9.59 Å². The lowest BCUT2D eigenvalue weighted by atomic mass is 9.85. The Balaban J connectivity index is 0.000000980. The van der Waals surface area contributed by atoms with E-state index in [9.17, 15) is 9.59 Å². The number of nitrogens with zero attached hydrogens (tertiary/aromatic N) is 1. The first kappa shape index (κ1) is 11.5. The van der Waals surface area contributed by atoms with Gasteiger partial charge in [0.1, 0.15) is 0 Å². The normalized spacial score (nSPS) is 30.9. The number of rotatable bonds is 0. The second kappa shape index (κ2) is 4.28. The molecule has 0 spiro atoms. The van der Waals surface area contributed by atoms with Gasteiger partial charge in [0.15, 0.2) is 0 Å². The first-order chi connectivity index (χ1) is 6.18. The lowest BCUT2D eigenvalue weighted by Gasteiger charge is -2.39. The summed E-state index contributed by atoms with van der Waals surface area (Å²) < 4.78 is 0. The number of carbonyl (C=O) groups is 2. The quantitative estimate of drug-likeness (QED) is 0.624. The van der Waals surface area contributed by atoms with Gasteiger partial charge in [0.05, 0.1) is 5.92 Å². The number of hydrogen-bond acceptors (Lipinski definition) is 3. The van der Waals surface area contributed by atoms with E-state index < -0.39 is 0 Å². The molecule has 2 aliphatic rings. The number of nitrogens with one attached hydrogen (secondary N) is 1. The van der Waals surface area contributed by atoms with Crippen LogP contribution in [0.15, 0.2) is 0 Å². The molecule has 2 bridgehead atoms. The summed E-state index contributed by atoms with van der Waals surface area (Å²) in [5.41, 5.74) is 0. The van der Waals surface area contributed by atoms with Crippen LogP contribution in [0.2, 0.25) is 0 Å². The van der Waals surface area contributed by atoms with Crippen LogP contribution in [0.1, 0.15) is 13.3 Å². The van der Waals surface area contributed by atoms with Crippen molar-refractivity contribution in [3.05, 3.63) is 0 Å². The summed E-state index contributed by atoms with van der Waals surface area (Å²) in [4.78, 5) is 24.2. The fourth-order valence-electron chi connectivity index (χ4n) is 2.21. The number of imide groups is 1. The molecule has 2 aliphatic heterocycles. The predicted octanol–water partition coefficient (Wildman–Crippen LogP) is 0.0226. The Morgan fingerprint density at radius 1 is 1.50 bits per heavy atom. The van der Waals surface area contributed by atoms with E-state index in [-0.39, 0.29) is 30.1 Å². The Labute approximate surface area is 89.4 Å². The highest BCUT2D eigenvalue weighted by Gasteiger charge is 2.38. The van der Waals surface area contributed by atoms with Crippen molar-refractivity contribution in [2.24, 2.45) is 11.8 Å². The number of likely N-dealkylation sites (tertiary alicyclic amines) is 1. The maximum absolute atomic E-state index is 11.6. The van der Waals surface area contributed by atoms with Crippen LogP contribution in [-0.4, -0.2) is 36.3 Å². The van der Waals surface area contributed by atoms with E-state index in [1.807, 2.05) is 0 Å². The number of halogens is 1. The maximum Gasteiger partial charge on any atom is 0.233 e. The zero-order valence-electron chi connectivity index (χ0n) is 8.16. The molecule has 0 saturated carbocycles. The molecule has 2 fully saturated rings. The Bertz CT molecular complexity index is 257. The van der Waals surface area contributed by atoms with Gasteiger partial charge in [-0.15, -0.1) is 12.4 Å². The van der Waals surface area contributed by atoms with Crippen molar-refractivity contribution >= 4 is 24.2 Å². The van der Waals surface area contributed by atoms with Gasteiger partial charge in [0, 0.05) is 20.0 Å². The fraction of sp³-hybridized carbons (Fsp3) is 0.778. The third-order valence-electron chi connectivity index (χ3n) is 2.88. The highest BCUT2D eigenvalue weighted by molar-refractivity contribution is 5.96. The molecule has 2 unspecified atom stereocenters. The smallest absolute Gasteiger partial charge is 0.233 e. The van der Waals surface area contributed by atoms with Crippen LogP contribution in [0.3, 0.4) is 0 Å². The average Bonchev–Trinajstić information content (AvgIpc) is 2.12. The first-order valence-corrected chi connectivity index (χ1v) is 4.71. The highest BCUT2D eigenvalue weighted by atomic mass is 35.5. The Morgan fingerprint density at radius 2 is 2.21 bits per heavy atom. The van der Waals surface area contributed by atoms with Crippen molar-refractivity contribution in [3.63, 3.8) is 0 Å². The molecule has 1 N–H and O–H groups in total. The summed E-state index contributed by atoms with van der Waals surface area (Å²) in [6, 6.07) is 0. The van der Waals surface area contributed by atoms with Gasteiger partial charge >= 0.3 is 0 Å². The van der Waals surface area contributed by atoms with Crippen molar-refractivity contribution in [2.45, 2.75) is 13.3 Å². The standard InChI is InChI=1S/C9H14N2O2.ClH/c1-6(12)11-5-7-2-8(9(11)13)4-10-3-7;/h7-8,10H,2-5H2,1H3;1H. The van der Waals surface area contributed by atoms with Crippen molar-refractivity contribution in [2.75, 3.05) is 19.6 Å². The molecule has 0 aromatic rings. The minimum atomic E-state index is -0.110. The van der Waals surface area contributed by atoms with E-state index in [1.165, 1.54) is 11.8 Å². The zero-order valence-corrected chi connectivity index (χ0v) is 8.97. The van der Waals surface area contributed by atoms with Crippen molar-refractivity contribution in [1.29, 1.82) is 0 Å². The van der Waals surface area contributed by atoms with Gasteiger partial charge in [-0.3, -0.25) is 14.5 Å². The predicted molar refractivity (Wildman–Crippen MR) is 54.1 cm³/mol. The molecule has 0 aromatic carbocycles. The summed E-state index contributed by atoms with van der Waals surface area (Å²) in [5, 5.41) is 3.22. The Kier molecular flexibility index (Phi) is 3.50. The second-order valence-corrected chi connectivity index (χ2v) is 3.92. The molecular weight excluding hydrogens is 204 g/mol. The van der Waals surface area contributed by atoms with Crippen LogP contribution in [0.5, 0.6) is 0 Å². The number of fused-ring (bicyclic) bond motifs is 2. The number of hydrogen-bond donors (Lipinski definition) is 1. The minimum absolute atomic E-state index is 0. The van der Waals surface area contributed by atoms with Crippen LogP contribution in [0.25, 0.3) is 0 Å². The first-order valence-electron chi connectivity index (χ1n) is 4.71. The molecule has 2 amide bonds. The van der Waals surface area contributed by atoms with E-state index in [4.69, 9.17) is 0 Å². The Morgan fingerprint density at radius 3 is 2.86 bits per heavy atom. The lowest BCUT2D eigenvalue weighted by Crippen LogP contribution is -2.55. The van der Waals surface area contributed by atoms with E-state index >= 15 is 0 Å². The topological polar surface area (TPSA) is 49.4 Å². The number of piperidine rings is 2. The van der Waals surface area contributed by atoms with Crippen LogP contribution >= 0.6 is 12.4 Å². The molecule has 0 aliphatic carbocycles. The van der Waals surface area contributed by atoms with Gasteiger partial charge in [-0.1, -0.05) is 0 Å². The van der Waals surface area contributed by atoms with E-state index in [2.05, 4.69) is 5.32 Å². The molecule has 2 rings (SSSR count). The highest BCUT2D eigenvalue weighted by Crippen LogP contribution is 2.25. The molecule has 2 saturated heterocycles. The summed E-state index contributed by atoms with van der Waals surface area (Å²) in [6.07, 6.45) is 0.954.